The van der Waals surface area contributed by atoms with Crippen LogP contribution in [0.4, 0.5) is 0 Å². The van der Waals surface area contributed by atoms with Crippen LogP contribution in [-0.4, -0.2) is 44.3 Å². The predicted molar refractivity (Wildman–Crippen MR) is 87.6 cm³/mol. The third kappa shape index (κ3) is 2.64. The van der Waals surface area contributed by atoms with Gasteiger partial charge in [0.1, 0.15) is 0 Å². The number of carbonyl (C=O) groups excluding carboxylic acids is 1. The molecule has 0 bridgehead atoms. The quantitative estimate of drug-likeness (QED) is 0.877. The van der Waals surface area contributed by atoms with Gasteiger partial charge >= 0.3 is 0 Å². The van der Waals surface area contributed by atoms with Crippen molar-refractivity contribution in [3.63, 3.8) is 0 Å². The minimum absolute atomic E-state index is 0.0655. The molecule has 0 radical (unpaired) electrons. The lowest BCUT2D eigenvalue weighted by molar-refractivity contribution is -0.133. The molecule has 0 aromatic carbocycles. The molecular formula is C17H21N5O2. The summed E-state index contributed by atoms with van der Waals surface area (Å²) in [6.07, 6.45) is 7.19. The number of nitrogens with zero attached hydrogens (tertiary/aromatic N) is 3. The van der Waals surface area contributed by atoms with E-state index >= 15 is 0 Å². The fourth-order valence-electron chi connectivity index (χ4n) is 4.12. The van der Waals surface area contributed by atoms with Gasteiger partial charge in [0.2, 0.25) is 5.91 Å². The molecule has 24 heavy (non-hydrogen) atoms. The second kappa shape index (κ2) is 5.89. The summed E-state index contributed by atoms with van der Waals surface area (Å²) in [6.45, 7) is 1.60. The highest BCUT2D eigenvalue weighted by Gasteiger charge is 2.44. The van der Waals surface area contributed by atoms with E-state index in [-0.39, 0.29) is 16.9 Å². The van der Waals surface area contributed by atoms with E-state index in [9.17, 15) is 9.59 Å². The van der Waals surface area contributed by atoms with E-state index in [2.05, 4.69) is 20.4 Å². The number of hydrogen-bond donors (Lipinski definition) is 2. The Hall–Kier alpha value is -2.44. The van der Waals surface area contributed by atoms with Gasteiger partial charge in [-0.05, 0) is 37.3 Å². The number of hydrogen-bond acceptors (Lipinski definition) is 4. The van der Waals surface area contributed by atoms with Gasteiger partial charge in [-0.3, -0.25) is 14.7 Å². The molecule has 3 heterocycles. The second-order valence-electron chi connectivity index (χ2n) is 6.88. The van der Waals surface area contributed by atoms with E-state index in [1.165, 1.54) is 17.3 Å². The fraction of sp³-hybridized carbons (Fsp3) is 0.529. The molecular weight excluding hydrogens is 306 g/mol. The third-order valence-electron chi connectivity index (χ3n) is 5.38. The number of amides is 1. The van der Waals surface area contributed by atoms with Crippen LogP contribution < -0.4 is 5.56 Å². The van der Waals surface area contributed by atoms with Crippen molar-refractivity contribution in [3.05, 3.63) is 45.6 Å². The largest absolute Gasteiger partial charge is 0.342 e. The molecule has 1 amide bonds. The van der Waals surface area contributed by atoms with Crippen molar-refractivity contribution in [2.24, 2.45) is 0 Å². The fourth-order valence-corrected chi connectivity index (χ4v) is 4.12. The van der Waals surface area contributed by atoms with E-state index in [1.54, 1.807) is 6.07 Å². The van der Waals surface area contributed by atoms with Crippen molar-refractivity contribution < 1.29 is 4.79 Å². The lowest BCUT2D eigenvalue weighted by Crippen LogP contribution is -2.47. The van der Waals surface area contributed by atoms with Gasteiger partial charge < -0.3 is 4.90 Å². The van der Waals surface area contributed by atoms with Crippen molar-refractivity contribution in [1.29, 1.82) is 0 Å². The number of rotatable bonds is 3. The Morgan fingerprint density at radius 2 is 2.21 bits per heavy atom. The molecule has 7 nitrogen and oxygen atoms in total. The Kier molecular flexibility index (Phi) is 3.70. The van der Waals surface area contributed by atoms with Gasteiger partial charge in [0.25, 0.3) is 5.56 Å². The van der Waals surface area contributed by atoms with Crippen molar-refractivity contribution in [3.8, 4) is 0 Å². The van der Waals surface area contributed by atoms with Gasteiger partial charge in [-0.2, -0.15) is 10.2 Å². The maximum atomic E-state index is 12.6. The Morgan fingerprint density at radius 1 is 1.29 bits per heavy atom. The van der Waals surface area contributed by atoms with Gasteiger partial charge in [-0.15, -0.1) is 0 Å². The van der Waals surface area contributed by atoms with Crippen LogP contribution in [0, 0.1) is 0 Å². The summed E-state index contributed by atoms with van der Waals surface area (Å²) < 4.78 is 0. The van der Waals surface area contributed by atoms with Gasteiger partial charge in [-0.1, -0.05) is 0 Å². The van der Waals surface area contributed by atoms with E-state index in [0.717, 1.165) is 44.5 Å². The van der Waals surface area contributed by atoms with Crippen molar-refractivity contribution >= 4 is 5.91 Å². The van der Waals surface area contributed by atoms with Crippen LogP contribution >= 0.6 is 0 Å². The van der Waals surface area contributed by atoms with Crippen LogP contribution in [0.25, 0.3) is 0 Å². The van der Waals surface area contributed by atoms with Crippen molar-refractivity contribution in [2.75, 3.05) is 13.1 Å². The number of aromatic amines is 2. The summed E-state index contributed by atoms with van der Waals surface area (Å²) in [4.78, 5) is 25.6. The van der Waals surface area contributed by atoms with E-state index < -0.39 is 0 Å². The Morgan fingerprint density at radius 3 is 3.04 bits per heavy atom. The molecule has 1 atom stereocenters. The number of H-pyrrole nitrogens is 2. The monoisotopic (exact) mass is 327 g/mol. The van der Waals surface area contributed by atoms with E-state index in [1.807, 2.05) is 11.1 Å². The summed E-state index contributed by atoms with van der Waals surface area (Å²) in [5.41, 5.74) is 3.13. The summed E-state index contributed by atoms with van der Waals surface area (Å²) in [6, 6.07) is 3.12. The van der Waals surface area contributed by atoms with Gasteiger partial charge in [-0.25, -0.2) is 5.10 Å². The lowest BCUT2D eigenvalue weighted by Gasteiger charge is -2.40. The van der Waals surface area contributed by atoms with Crippen LogP contribution in [0.15, 0.2) is 23.1 Å². The zero-order chi connectivity index (χ0) is 16.6. The maximum Gasteiger partial charge on any atom is 0.264 e. The molecule has 1 saturated heterocycles. The smallest absolute Gasteiger partial charge is 0.264 e. The zero-order valence-corrected chi connectivity index (χ0v) is 13.5. The average molecular weight is 327 g/mol. The first-order valence-corrected chi connectivity index (χ1v) is 8.51. The molecule has 126 valence electrons. The first-order chi connectivity index (χ1) is 11.7. The summed E-state index contributed by atoms with van der Waals surface area (Å²) in [7, 11) is 0. The van der Waals surface area contributed by atoms with Crippen molar-refractivity contribution in [2.45, 2.75) is 43.9 Å². The minimum atomic E-state index is -0.223. The van der Waals surface area contributed by atoms with E-state index in [4.69, 9.17) is 0 Å². The highest BCUT2D eigenvalue weighted by molar-refractivity contribution is 5.76. The molecule has 0 saturated carbocycles. The molecule has 1 aliphatic heterocycles. The topological polar surface area (TPSA) is 94.7 Å². The maximum absolute atomic E-state index is 12.6. The van der Waals surface area contributed by atoms with E-state index in [0.29, 0.717) is 12.8 Å². The molecule has 4 rings (SSSR count). The third-order valence-corrected chi connectivity index (χ3v) is 5.38. The van der Waals surface area contributed by atoms with Crippen molar-refractivity contribution in [1.82, 2.24) is 25.3 Å². The molecule has 1 unspecified atom stereocenters. The SMILES string of the molecule is O=C(CCc1ccc(=O)[nH]n1)N1CCCC2(CCc3cn[nH]c32)C1. The number of nitrogens with one attached hydrogen (secondary N) is 2. The summed E-state index contributed by atoms with van der Waals surface area (Å²) >= 11 is 0. The molecule has 1 aliphatic carbocycles. The second-order valence-corrected chi connectivity index (χ2v) is 6.88. The Bertz CT molecular complexity index is 791. The standard InChI is InChI=1S/C17H21N5O2/c23-14-4-2-13(19-20-14)3-5-15(24)22-9-1-7-17(11-22)8-6-12-10-18-21-16(12)17/h2,4,10H,1,3,5-9,11H2,(H,18,21)(H,20,23). The van der Waals surface area contributed by atoms with Crippen LogP contribution in [0.1, 0.15) is 42.6 Å². The number of aromatic nitrogens is 4. The lowest BCUT2D eigenvalue weighted by atomic mass is 9.77. The first kappa shape index (κ1) is 15.1. The molecule has 2 N–H and O–H groups in total. The summed E-state index contributed by atoms with van der Waals surface area (Å²) in [5, 5.41) is 13.7. The van der Waals surface area contributed by atoms with Crippen LogP contribution in [0.3, 0.4) is 0 Å². The number of fused-ring (bicyclic) bond motifs is 2. The zero-order valence-electron chi connectivity index (χ0n) is 13.5. The molecule has 7 heteroatoms. The number of likely N-dealkylation sites (tertiary alicyclic amines) is 1. The molecule has 1 spiro atoms. The molecule has 1 fully saturated rings. The first-order valence-electron chi connectivity index (χ1n) is 8.51. The Labute approximate surface area is 139 Å². The molecule has 2 aromatic rings. The van der Waals surface area contributed by atoms with Crippen LogP contribution in [0.5, 0.6) is 0 Å². The summed E-state index contributed by atoms with van der Waals surface area (Å²) in [5.74, 6) is 0.162. The normalized spacial score (nSPS) is 22.8. The van der Waals surface area contributed by atoms with Gasteiger partial charge in [0.15, 0.2) is 0 Å². The van der Waals surface area contributed by atoms with Crippen LogP contribution in [0.2, 0.25) is 0 Å². The average Bonchev–Trinajstić information content (AvgIpc) is 3.19. The van der Waals surface area contributed by atoms with Gasteiger partial charge in [0, 0.05) is 43.1 Å². The minimum Gasteiger partial charge on any atom is -0.342 e. The molecule has 2 aliphatic rings. The van der Waals surface area contributed by atoms with Gasteiger partial charge in [0.05, 0.1) is 11.9 Å². The highest BCUT2D eigenvalue weighted by Crippen LogP contribution is 2.43. The van der Waals surface area contributed by atoms with Crippen LogP contribution in [-0.2, 0) is 23.1 Å². The highest BCUT2D eigenvalue weighted by atomic mass is 16.2. The number of carbonyl (C=O) groups is 1. The Balaban J connectivity index is 1.42. The number of aryl methyl sites for hydroxylation is 2. The number of piperidine rings is 1. The molecule has 2 aromatic heterocycles. The predicted octanol–water partition coefficient (Wildman–Crippen LogP) is 0.932.